The van der Waals surface area contributed by atoms with Gasteiger partial charge in [-0.1, -0.05) is 16.8 Å². The number of rotatable bonds is 8. The lowest BCUT2D eigenvalue weighted by molar-refractivity contribution is -0.113. The minimum Gasteiger partial charge on any atom is -0.410 e. The molecule has 5 nitrogen and oxygen atoms in total. The molecule has 0 fully saturated rings. The molecule has 0 unspecified atom stereocenters. The van der Waals surface area contributed by atoms with Gasteiger partial charge in [0, 0.05) is 19.3 Å². The highest BCUT2D eigenvalue weighted by Gasteiger charge is 2.10. The van der Waals surface area contributed by atoms with Crippen molar-refractivity contribution in [1.82, 2.24) is 0 Å². The largest absolute Gasteiger partial charge is 0.410 e. The zero-order valence-corrected chi connectivity index (χ0v) is 10.0. The standard InChI is InChI=1S/C9H12Cl2N2O3/c10-8(13-16)5-4-6(12)7(14)2-1-3-9(11)15/h12,16H,1-5H2. The Morgan fingerprint density at radius 3 is 2.25 bits per heavy atom. The average Bonchev–Trinajstić information content (AvgIpc) is 2.24. The normalized spacial score (nSPS) is 11.2. The Morgan fingerprint density at radius 2 is 1.75 bits per heavy atom. The van der Waals surface area contributed by atoms with Crippen molar-refractivity contribution in [3.05, 3.63) is 0 Å². The number of ketones is 1. The maximum Gasteiger partial charge on any atom is 0.221 e. The van der Waals surface area contributed by atoms with E-state index < -0.39 is 5.24 Å². The van der Waals surface area contributed by atoms with Crippen molar-refractivity contribution in [2.75, 3.05) is 0 Å². The van der Waals surface area contributed by atoms with Crippen molar-refractivity contribution in [2.24, 2.45) is 5.16 Å². The summed E-state index contributed by atoms with van der Waals surface area (Å²) < 4.78 is 0. The van der Waals surface area contributed by atoms with Crippen molar-refractivity contribution in [3.63, 3.8) is 0 Å². The maximum absolute atomic E-state index is 11.3. The van der Waals surface area contributed by atoms with E-state index in [9.17, 15) is 9.59 Å². The topological polar surface area (TPSA) is 90.6 Å². The number of nitrogens with zero attached hydrogens (tertiary/aromatic N) is 1. The van der Waals surface area contributed by atoms with Crippen molar-refractivity contribution < 1.29 is 14.8 Å². The SMILES string of the molecule is N=C(CCC(Cl)=NO)C(=O)CCCC(=O)Cl. The van der Waals surface area contributed by atoms with E-state index in [0.29, 0.717) is 6.42 Å². The Morgan fingerprint density at radius 1 is 1.12 bits per heavy atom. The minimum absolute atomic E-state index is 0.0477. The molecule has 16 heavy (non-hydrogen) atoms. The van der Waals surface area contributed by atoms with E-state index in [1.165, 1.54) is 0 Å². The van der Waals surface area contributed by atoms with Gasteiger partial charge in [-0.25, -0.2) is 0 Å². The van der Waals surface area contributed by atoms with Gasteiger partial charge < -0.3 is 10.6 Å². The van der Waals surface area contributed by atoms with Crippen LogP contribution >= 0.6 is 23.2 Å². The predicted octanol–water partition coefficient (Wildman–Crippen LogP) is 2.32. The number of carbonyl (C=O) groups excluding carboxylic acids is 2. The Balaban J connectivity index is 3.82. The second-order valence-electron chi connectivity index (χ2n) is 3.09. The summed E-state index contributed by atoms with van der Waals surface area (Å²) in [5, 5.41) is 17.8. The molecule has 0 saturated heterocycles. The second-order valence-corrected chi connectivity index (χ2v) is 3.94. The van der Waals surface area contributed by atoms with Crippen LogP contribution in [0.3, 0.4) is 0 Å². The molecular formula is C9H12Cl2N2O3. The fourth-order valence-corrected chi connectivity index (χ4v) is 1.18. The van der Waals surface area contributed by atoms with Crippen LogP contribution in [0.4, 0.5) is 0 Å². The molecule has 0 aliphatic heterocycles. The van der Waals surface area contributed by atoms with Gasteiger partial charge in [0.05, 0.1) is 5.71 Å². The molecule has 0 amide bonds. The van der Waals surface area contributed by atoms with E-state index in [1.807, 2.05) is 0 Å². The number of hydrogen-bond acceptors (Lipinski definition) is 5. The third kappa shape index (κ3) is 7.36. The molecule has 0 saturated carbocycles. The quantitative estimate of drug-likeness (QED) is 0.306. The Hall–Kier alpha value is -0.940. The van der Waals surface area contributed by atoms with Crippen molar-refractivity contribution in [3.8, 4) is 0 Å². The van der Waals surface area contributed by atoms with Crippen LogP contribution in [0.5, 0.6) is 0 Å². The first-order valence-corrected chi connectivity index (χ1v) is 5.38. The summed E-state index contributed by atoms with van der Waals surface area (Å²) in [4.78, 5) is 21.7. The Kier molecular flexibility index (Phi) is 7.76. The molecule has 0 aliphatic carbocycles. The molecule has 0 aromatic rings. The zero-order chi connectivity index (χ0) is 12.6. The van der Waals surface area contributed by atoms with E-state index in [-0.39, 0.29) is 42.3 Å². The predicted molar refractivity (Wildman–Crippen MR) is 61.8 cm³/mol. The van der Waals surface area contributed by atoms with Crippen LogP contribution in [0, 0.1) is 5.41 Å². The molecule has 7 heteroatoms. The third-order valence-electron chi connectivity index (χ3n) is 1.80. The lowest BCUT2D eigenvalue weighted by Gasteiger charge is -2.01. The summed E-state index contributed by atoms with van der Waals surface area (Å²) in [6.45, 7) is 0. The zero-order valence-electron chi connectivity index (χ0n) is 8.50. The van der Waals surface area contributed by atoms with Gasteiger partial charge in [-0.3, -0.25) is 9.59 Å². The number of halogens is 2. The van der Waals surface area contributed by atoms with Gasteiger partial charge in [0.15, 0.2) is 5.78 Å². The number of Topliss-reactive ketones (excluding diaryl/α,β-unsaturated/α-hetero) is 1. The molecule has 90 valence electrons. The smallest absolute Gasteiger partial charge is 0.221 e. The van der Waals surface area contributed by atoms with Crippen molar-refractivity contribution in [1.29, 1.82) is 5.41 Å². The van der Waals surface area contributed by atoms with Gasteiger partial charge in [0.25, 0.3) is 0 Å². The highest BCUT2D eigenvalue weighted by molar-refractivity contribution is 6.65. The molecule has 0 rings (SSSR count). The van der Waals surface area contributed by atoms with E-state index >= 15 is 0 Å². The third-order valence-corrected chi connectivity index (χ3v) is 2.26. The van der Waals surface area contributed by atoms with Gasteiger partial charge in [0.2, 0.25) is 5.24 Å². The van der Waals surface area contributed by atoms with Crippen LogP contribution in [-0.2, 0) is 9.59 Å². The molecular weight excluding hydrogens is 255 g/mol. The van der Waals surface area contributed by atoms with E-state index in [0.717, 1.165) is 0 Å². The summed E-state index contributed by atoms with van der Waals surface area (Å²) in [7, 11) is 0. The monoisotopic (exact) mass is 266 g/mol. The number of carbonyl (C=O) groups is 2. The first-order chi connectivity index (χ1) is 7.47. The number of nitrogens with one attached hydrogen (secondary N) is 1. The molecule has 2 N–H and O–H groups in total. The molecule has 0 aliphatic rings. The number of hydrogen-bond donors (Lipinski definition) is 2. The fourth-order valence-electron chi connectivity index (χ4n) is 0.956. The van der Waals surface area contributed by atoms with Crippen LogP contribution in [0.1, 0.15) is 32.1 Å². The first-order valence-electron chi connectivity index (χ1n) is 4.62. The molecule has 0 atom stereocenters. The van der Waals surface area contributed by atoms with Gasteiger partial charge in [-0.15, -0.1) is 0 Å². The van der Waals surface area contributed by atoms with Crippen molar-refractivity contribution >= 4 is 45.1 Å². The average molecular weight is 267 g/mol. The highest BCUT2D eigenvalue weighted by atomic mass is 35.5. The molecule has 0 spiro atoms. The number of oxime groups is 1. The van der Waals surface area contributed by atoms with E-state index in [1.54, 1.807) is 0 Å². The highest BCUT2D eigenvalue weighted by Crippen LogP contribution is 2.05. The first kappa shape index (κ1) is 15.1. The fraction of sp³-hybridized carbons (Fsp3) is 0.556. The van der Waals surface area contributed by atoms with E-state index in [4.69, 9.17) is 33.8 Å². The second kappa shape index (κ2) is 8.24. The summed E-state index contributed by atoms with van der Waals surface area (Å²) >= 11 is 10.5. The van der Waals surface area contributed by atoms with Crippen LogP contribution in [0.15, 0.2) is 5.16 Å². The van der Waals surface area contributed by atoms with Gasteiger partial charge in [-0.05, 0) is 24.4 Å². The molecule has 0 bridgehead atoms. The minimum atomic E-state index is -0.491. The van der Waals surface area contributed by atoms with Crippen LogP contribution in [0.2, 0.25) is 0 Å². The summed E-state index contributed by atoms with van der Waals surface area (Å²) in [5.74, 6) is -0.347. The van der Waals surface area contributed by atoms with Crippen LogP contribution in [-0.4, -0.2) is 27.1 Å². The maximum atomic E-state index is 11.3. The van der Waals surface area contributed by atoms with Crippen LogP contribution in [0.25, 0.3) is 0 Å². The van der Waals surface area contributed by atoms with Gasteiger partial charge in [-0.2, -0.15) is 0 Å². The van der Waals surface area contributed by atoms with E-state index in [2.05, 4.69) is 5.16 Å². The summed E-state index contributed by atoms with van der Waals surface area (Å²) in [6.07, 6.45) is 0.851. The van der Waals surface area contributed by atoms with Crippen molar-refractivity contribution in [2.45, 2.75) is 32.1 Å². The van der Waals surface area contributed by atoms with Gasteiger partial charge >= 0.3 is 0 Å². The lowest BCUT2D eigenvalue weighted by atomic mass is 10.1. The Labute approximate surface area is 103 Å². The lowest BCUT2D eigenvalue weighted by Crippen LogP contribution is -2.13. The molecule has 0 radical (unpaired) electrons. The Bertz CT molecular complexity index is 316. The molecule has 0 aromatic carbocycles. The summed E-state index contributed by atoms with van der Waals surface area (Å²) in [5.41, 5.74) is -0.0937. The van der Waals surface area contributed by atoms with Crippen LogP contribution < -0.4 is 0 Å². The summed E-state index contributed by atoms with van der Waals surface area (Å²) in [6, 6.07) is 0. The molecule has 0 aromatic heterocycles. The molecule has 0 heterocycles. The van der Waals surface area contributed by atoms with Gasteiger partial charge in [0.1, 0.15) is 5.17 Å².